The van der Waals surface area contributed by atoms with E-state index in [2.05, 4.69) is 36.3 Å². The number of hydrogen-bond donors (Lipinski definition) is 1. The molecular weight excluding hydrogens is 226 g/mol. The Balaban J connectivity index is 1.82. The first kappa shape index (κ1) is 13.5. The maximum Gasteiger partial charge on any atom is 0.219 e. The van der Waals surface area contributed by atoms with Crippen LogP contribution in [0.25, 0.3) is 0 Å². The molecule has 18 heavy (non-hydrogen) atoms. The molecular formula is C14H25N3O. The van der Waals surface area contributed by atoms with Gasteiger partial charge in [0.25, 0.3) is 0 Å². The van der Waals surface area contributed by atoms with Gasteiger partial charge in [-0.15, -0.1) is 10.2 Å². The smallest absolute Gasteiger partial charge is 0.219 e. The molecule has 1 heterocycles. The largest absolute Gasteiger partial charge is 0.425 e. The van der Waals surface area contributed by atoms with E-state index in [1.165, 1.54) is 32.1 Å². The predicted molar refractivity (Wildman–Crippen MR) is 71.6 cm³/mol. The molecule has 4 heteroatoms. The van der Waals surface area contributed by atoms with Gasteiger partial charge in [0.2, 0.25) is 11.8 Å². The summed E-state index contributed by atoms with van der Waals surface area (Å²) < 4.78 is 5.78. The quantitative estimate of drug-likeness (QED) is 0.893. The molecule has 0 amide bonds. The second kappa shape index (κ2) is 5.83. The zero-order valence-electron chi connectivity index (χ0n) is 11.8. The third-order valence-electron chi connectivity index (χ3n) is 3.43. The van der Waals surface area contributed by atoms with Gasteiger partial charge < -0.3 is 9.73 Å². The first-order chi connectivity index (χ1) is 8.54. The molecule has 0 radical (unpaired) electrons. The molecule has 4 nitrogen and oxygen atoms in total. The van der Waals surface area contributed by atoms with Gasteiger partial charge in [-0.05, 0) is 33.6 Å². The fourth-order valence-corrected chi connectivity index (χ4v) is 2.43. The number of nitrogens with one attached hydrogen (secondary N) is 1. The summed E-state index contributed by atoms with van der Waals surface area (Å²) in [5.41, 5.74) is 0.145. The Morgan fingerprint density at radius 3 is 2.56 bits per heavy atom. The van der Waals surface area contributed by atoms with Gasteiger partial charge in [-0.1, -0.05) is 19.3 Å². The first-order valence-corrected chi connectivity index (χ1v) is 7.12. The van der Waals surface area contributed by atoms with Crippen molar-refractivity contribution in [3.05, 3.63) is 11.8 Å². The van der Waals surface area contributed by atoms with Gasteiger partial charge in [0.05, 0.1) is 0 Å². The van der Waals surface area contributed by atoms with E-state index < -0.39 is 0 Å². The van der Waals surface area contributed by atoms with Crippen LogP contribution in [0, 0.1) is 0 Å². The Labute approximate surface area is 110 Å². The molecule has 102 valence electrons. The summed E-state index contributed by atoms with van der Waals surface area (Å²) in [6.07, 6.45) is 7.19. The summed E-state index contributed by atoms with van der Waals surface area (Å²) in [7, 11) is 0. The number of hydrogen-bond acceptors (Lipinski definition) is 4. The minimum absolute atomic E-state index is 0.145. The van der Waals surface area contributed by atoms with E-state index in [0.717, 1.165) is 24.7 Å². The van der Waals surface area contributed by atoms with Crippen molar-refractivity contribution in [2.75, 3.05) is 6.54 Å². The molecule has 0 atom stereocenters. The maximum atomic E-state index is 5.78. The second-order valence-electron chi connectivity index (χ2n) is 6.30. The van der Waals surface area contributed by atoms with Gasteiger partial charge in [-0.2, -0.15) is 0 Å². The van der Waals surface area contributed by atoms with Crippen molar-refractivity contribution in [3.8, 4) is 0 Å². The lowest BCUT2D eigenvalue weighted by atomic mass is 9.89. The van der Waals surface area contributed by atoms with E-state index in [-0.39, 0.29) is 5.54 Å². The average Bonchev–Trinajstić information content (AvgIpc) is 2.77. The Kier molecular flexibility index (Phi) is 4.38. The second-order valence-corrected chi connectivity index (χ2v) is 6.30. The van der Waals surface area contributed by atoms with Crippen molar-refractivity contribution in [1.29, 1.82) is 0 Å². The zero-order chi connectivity index (χ0) is 13.0. The van der Waals surface area contributed by atoms with Crippen LogP contribution in [0.4, 0.5) is 0 Å². The molecule has 0 saturated heterocycles. The summed E-state index contributed by atoms with van der Waals surface area (Å²) in [6.45, 7) is 7.37. The van der Waals surface area contributed by atoms with Gasteiger partial charge >= 0.3 is 0 Å². The molecule has 1 aromatic heterocycles. The molecule has 0 aromatic carbocycles. The Morgan fingerprint density at radius 1 is 1.17 bits per heavy atom. The molecule has 1 aliphatic rings. The van der Waals surface area contributed by atoms with E-state index >= 15 is 0 Å². The van der Waals surface area contributed by atoms with Crippen molar-refractivity contribution in [2.24, 2.45) is 0 Å². The molecule has 2 rings (SSSR count). The molecule has 0 aliphatic heterocycles. The summed E-state index contributed by atoms with van der Waals surface area (Å²) in [5, 5.41) is 11.8. The monoisotopic (exact) mass is 251 g/mol. The molecule has 0 unspecified atom stereocenters. The van der Waals surface area contributed by atoms with Gasteiger partial charge in [0.15, 0.2) is 0 Å². The highest BCUT2D eigenvalue weighted by atomic mass is 16.4. The van der Waals surface area contributed by atoms with E-state index in [0.29, 0.717) is 5.92 Å². The third kappa shape index (κ3) is 4.09. The summed E-state index contributed by atoms with van der Waals surface area (Å²) in [6, 6.07) is 0. The van der Waals surface area contributed by atoms with Crippen LogP contribution in [-0.4, -0.2) is 22.3 Å². The standard InChI is InChI=1S/C14H25N3O/c1-14(2,3)15-10-9-12-16-17-13(18-12)11-7-5-4-6-8-11/h11,15H,4-10H2,1-3H3. The van der Waals surface area contributed by atoms with Crippen LogP contribution < -0.4 is 5.32 Å². The van der Waals surface area contributed by atoms with Crippen LogP contribution in [0.5, 0.6) is 0 Å². The van der Waals surface area contributed by atoms with Crippen molar-refractivity contribution < 1.29 is 4.42 Å². The van der Waals surface area contributed by atoms with Crippen molar-refractivity contribution >= 4 is 0 Å². The number of nitrogens with zero attached hydrogens (tertiary/aromatic N) is 2. The Hall–Kier alpha value is -0.900. The zero-order valence-corrected chi connectivity index (χ0v) is 11.8. The van der Waals surface area contributed by atoms with Crippen LogP contribution >= 0.6 is 0 Å². The van der Waals surface area contributed by atoms with Crippen LogP contribution in [0.2, 0.25) is 0 Å². The van der Waals surface area contributed by atoms with Crippen LogP contribution in [0.3, 0.4) is 0 Å². The van der Waals surface area contributed by atoms with Gasteiger partial charge in [-0.25, -0.2) is 0 Å². The molecule has 1 saturated carbocycles. The van der Waals surface area contributed by atoms with Gasteiger partial charge in [-0.3, -0.25) is 0 Å². The topological polar surface area (TPSA) is 51.0 Å². The minimum Gasteiger partial charge on any atom is -0.425 e. The lowest BCUT2D eigenvalue weighted by Crippen LogP contribution is -2.37. The molecule has 1 aliphatic carbocycles. The van der Waals surface area contributed by atoms with Gasteiger partial charge in [0.1, 0.15) is 0 Å². The summed E-state index contributed by atoms with van der Waals surface area (Å²) in [5.74, 6) is 2.14. The third-order valence-corrected chi connectivity index (χ3v) is 3.43. The summed E-state index contributed by atoms with van der Waals surface area (Å²) >= 11 is 0. The highest BCUT2D eigenvalue weighted by Gasteiger charge is 2.21. The predicted octanol–water partition coefficient (Wildman–Crippen LogP) is 3.05. The van der Waals surface area contributed by atoms with Crippen LogP contribution in [-0.2, 0) is 6.42 Å². The van der Waals surface area contributed by atoms with Crippen LogP contribution in [0.1, 0.15) is 70.6 Å². The molecule has 0 bridgehead atoms. The number of aromatic nitrogens is 2. The molecule has 1 aromatic rings. The van der Waals surface area contributed by atoms with Crippen LogP contribution in [0.15, 0.2) is 4.42 Å². The highest BCUT2D eigenvalue weighted by Crippen LogP contribution is 2.31. The molecule has 1 fully saturated rings. The lowest BCUT2D eigenvalue weighted by molar-refractivity contribution is 0.346. The Morgan fingerprint density at radius 2 is 1.89 bits per heavy atom. The number of rotatable bonds is 4. The highest BCUT2D eigenvalue weighted by molar-refractivity contribution is 4.93. The maximum absolute atomic E-state index is 5.78. The SMILES string of the molecule is CC(C)(C)NCCc1nnc(C2CCCCC2)o1. The Bertz CT molecular complexity index is 361. The first-order valence-electron chi connectivity index (χ1n) is 7.12. The fourth-order valence-electron chi connectivity index (χ4n) is 2.43. The minimum atomic E-state index is 0.145. The van der Waals surface area contributed by atoms with E-state index in [1.54, 1.807) is 0 Å². The van der Waals surface area contributed by atoms with E-state index in [9.17, 15) is 0 Å². The van der Waals surface area contributed by atoms with Crippen molar-refractivity contribution in [3.63, 3.8) is 0 Å². The van der Waals surface area contributed by atoms with Crippen molar-refractivity contribution in [2.45, 2.75) is 70.8 Å². The fraction of sp³-hybridized carbons (Fsp3) is 0.857. The van der Waals surface area contributed by atoms with E-state index in [1.807, 2.05) is 0 Å². The lowest BCUT2D eigenvalue weighted by Gasteiger charge is -2.19. The van der Waals surface area contributed by atoms with Crippen molar-refractivity contribution in [1.82, 2.24) is 15.5 Å². The average molecular weight is 251 g/mol. The van der Waals surface area contributed by atoms with Gasteiger partial charge in [0, 0.05) is 24.4 Å². The molecule has 0 spiro atoms. The summed E-state index contributed by atoms with van der Waals surface area (Å²) in [4.78, 5) is 0. The normalized spacial score (nSPS) is 18.2. The van der Waals surface area contributed by atoms with E-state index in [4.69, 9.17) is 4.42 Å². The molecule has 1 N–H and O–H groups in total.